The number of rotatable bonds is 15. The van der Waals surface area contributed by atoms with Crippen LogP contribution in [0.4, 0.5) is 5.82 Å². The van der Waals surface area contributed by atoms with Gasteiger partial charge in [-0.25, -0.2) is 34.2 Å². The maximum Gasteiger partial charge on any atom is 0.370 e. The summed E-state index contributed by atoms with van der Waals surface area (Å²) in [6.45, 7) is -0.642. The molecule has 0 bridgehead atoms. The lowest BCUT2D eigenvalue weighted by Gasteiger charge is -2.26. The van der Waals surface area contributed by atoms with Crippen LogP contribution < -0.4 is 4.90 Å². The van der Waals surface area contributed by atoms with Crippen LogP contribution in [0.3, 0.4) is 0 Å². The number of hydrogen-bond donors (Lipinski definition) is 0. The predicted octanol–water partition coefficient (Wildman–Crippen LogP) is 5.66. The molecule has 0 spiro atoms. The molecule has 6 aromatic rings. The number of hydrogen-bond acceptors (Lipinski definition) is 16. The molecule has 1 fully saturated rings. The fraction of sp³-hybridized carbons (Fsp3) is 0.209. The van der Waals surface area contributed by atoms with E-state index in [2.05, 4.69) is 15.0 Å². The number of imide groups is 1. The molecule has 5 unspecified atom stereocenters. The van der Waals surface area contributed by atoms with Crippen molar-refractivity contribution in [1.29, 1.82) is 0 Å². The van der Waals surface area contributed by atoms with E-state index in [1.807, 2.05) is 0 Å². The summed E-state index contributed by atoms with van der Waals surface area (Å²) in [4.78, 5) is 83.1. The molecule has 1 aliphatic heterocycles. The lowest BCUT2D eigenvalue weighted by Crippen LogP contribution is -2.42. The van der Waals surface area contributed by atoms with Gasteiger partial charge < -0.3 is 32.7 Å². The summed E-state index contributed by atoms with van der Waals surface area (Å²) in [7, 11) is -1.15. The van der Waals surface area contributed by atoms with Crippen molar-refractivity contribution in [1.82, 2.24) is 19.5 Å². The summed E-state index contributed by atoms with van der Waals surface area (Å²) in [5, 5.41) is 0. The van der Waals surface area contributed by atoms with Crippen molar-refractivity contribution in [2.24, 2.45) is 0 Å². The molecule has 4 aromatic carbocycles. The van der Waals surface area contributed by atoms with Gasteiger partial charge in [-0.2, -0.15) is 0 Å². The molecule has 0 radical (unpaired) electrons. The van der Waals surface area contributed by atoms with Crippen molar-refractivity contribution in [3.05, 3.63) is 156 Å². The van der Waals surface area contributed by atoms with Gasteiger partial charge in [-0.15, -0.1) is 0 Å². The first-order chi connectivity index (χ1) is 30.1. The SMILES string of the molecule is COC(=O)C(OCC1OC(n2cnc3c(N(C(=O)c4ccccc4)C(=O)c4ccccc4)ncnc32)C(OC(=O)c2ccccc2)C1OC(=O)c1ccccc1)P(=O)(OC)OC. The van der Waals surface area contributed by atoms with Gasteiger partial charge in [0.25, 0.3) is 17.7 Å². The Balaban J connectivity index is 1.34. The Morgan fingerprint density at radius 3 is 1.65 bits per heavy atom. The number of carbonyl (C=O) groups is 5. The van der Waals surface area contributed by atoms with Crippen LogP contribution in [0.25, 0.3) is 11.2 Å². The highest BCUT2D eigenvalue weighted by molar-refractivity contribution is 7.55. The lowest BCUT2D eigenvalue weighted by atomic mass is 10.1. The Morgan fingerprint density at radius 2 is 1.16 bits per heavy atom. The average molecular weight is 864 g/mol. The number of fused-ring (bicyclic) bond motifs is 1. The number of methoxy groups -OCH3 is 1. The van der Waals surface area contributed by atoms with E-state index in [9.17, 15) is 28.5 Å². The molecule has 1 saturated heterocycles. The second kappa shape index (κ2) is 19.2. The first kappa shape index (κ1) is 43.1. The normalized spacial score (nSPS) is 17.8. The molecule has 1 aliphatic rings. The molecular weight excluding hydrogens is 825 g/mol. The van der Waals surface area contributed by atoms with Gasteiger partial charge in [-0.05, 0) is 48.5 Å². The zero-order valence-electron chi connectivity index (χ0n) is 33.3. The first-order valence-electron chi connectivity index (χ1n) is 18.8. The zero-order chi connectivity index (χ0) is 43.8. The third-order valence-electron chi connectivity index (χ3n) is 9.68. The number of nitrogens with zero attached hydrogens (tertiary/aromatic N) is 5. The Morgan fingerprint density at radius 1 is 0.677 bits per heavy atom. The van der Waals surface area contributed by atoms with Gasteiger partial charge in [0.1, 0.15) is 12.4 Å². The molecule has 2 aromatic heterocycles. The number of esters is 3. The summed E-state index contributed by atoms with van der Waals surface area (Å²) in [6.07, 6.45) is -3.46. The van der Waals surface area contributed by atoms with Crippen LogP contribution in [-0.4, -0.2) is 101 Å². The molecular formula is C43H38N5O13P. The van der Waals surface area contributed by atoms with E-state index in [4.69, 9.17) is 32.7 Å². The number of benzene rings is 4. The van der Waals surface area contributed by atoms with Crippen molar-refractivity contribution < 1.29 is 61.3 Å². The third-order valence-corrected chi connectivity index (χ3v) is 11.6. The topological polar surface area (TPSA) is 214 Å². The van der Waals surface area contributed by atoms with Gasteiger partial charge in [0.15, 0.2) is 35.4 Å². The summed E-state index contributed by atoms with van der Waals surface area (Å²) in [5.74, 6) is -6.33. The molecule has 3 heterocycles. The molecule has 19 heteroatoms. The van der Waals surface area contributed by atoms with Gasteiger partial charge in [0, 0.05) is 25.3 Å². The molecule has 0 aliphatic carbocycles. The Hall–Kier alpha value is -6.95. The Labute approximate surface area is 353 Å². The minimum atomic E-state index is -4.30. The number of ether oxygens (including phenoxy) is 5. The summed E-state index contributed by atoms with van der Waals surface area (Å²) in [6, 6.07) is 32.2. The zero-order valence-corrected chi connectivity index (χ0v) is 34.2. The van der Waals surface area contributed by atoms with Crippen LogP contribution >= 0.6 is 7.60 Å². The quantitative estimate of drug-likeness (QED) is 0.0527. The van der Waals surface area contributed by atoms with E-state index in [1.54, 1.807) is 97.1 Å². The second-order valence-electron chi connectivity index (χ2n) is 13.3. The first-order valence-corrected chi connectivity index (χ1v) is 20.4. The van der Waals surface area contributed by atoms with E-state index in [0.717, 1.165) is 32.6 Å². The largest absolute Gasteiger partial charge is 0.467 e. The molecule has 7 rings (SSSR count). The monoisotopic (exact) mass is 863 g/mol. The summed E-state index contributed by atoms with van der Waals surface area (Å²) >= 11 is 0. The molecule has 62 heavy (non-hydrogen) atoms. The van der Waals surface area contributed by atoms with E-state index in [-0.39, 0.29) is 39.2 Å². The van der Waals surface area contributed by atoms with Crippen LogP contribution in [0, 0.1) is 0 Å². The maximum absolute atomic E-state index is 14.2. The molecule has 18 nitrogen and oxygen atoms in total. The van der Waals surface area contributed by atoms with Gasteiger partial charge >= 0.3 is 25.5 Å². The second-order valence-corrected chi connectivity index (χ2v) is 15.6. The number of anilines is 1. The highest BCUT2D eigenvalue weighted by atomic mass is 31.2. The van der Waals surface area contributed by atoms with Gasteiger partial charge in [-0.3, -0.25) is 18.7 Å². The number of amides is 2. The highest BCUT2D eigenvalue weighted by Gasteiger charge is 2.53. The number of imidazole rings is 1. The lowest BCUT2D eigenvalue weighted by molar-refractivity contribution is -0.153. The predicted molar refractivity (Wildman–Crippen MR) is 218 cm³/mol. The van der Waals surface area contributed by atoms with Crippen molar-refractivity contribution in [3.63, 3.8) is 0 Å². The molecule has 0 N–H and O–H groups in total. The number of carbonyl (C=O) groups excluding carboxylic acids is 5. The average Bonchev–Trinajstić information content (AvgIpc) is 3.90. The number of aromatic nitrogens is 4. The van der Waals surface area contributed by atoms with Crippen molar-refractivity contribution in [3.8, 4) is 0 Å². The standard InChI is InChI=1S/C43H38N5O13P/c1-55-42(53)43(62(54,56-2)57-3)58-24-31-33(60-40(51)29-20-12-6-13-21-29)34(61-41(52)30-22-14-7-15-23-30)39(59-31)47-26-46-32-35(47)44-25-45-36(32)48(37(49)27-16-8-4-9-17-27)38(50)28-18-10-5-11-19-28/h4-23,25-26,31,33-34,39,43H,24H2,1-3H3. The van der Waals surface area contributed by atoms with Crippen LogP contribution in [0.15, 0.2) is 134 Å². The fourth-order valence-electron chi connectivity index (χ4n) is 6.60. The third kappa shape index (κ3) is 8.90. The van der Waals surface area contributed by atoms with Gasteiger partial charge in [0.05, 0.1) is 31.2 Å². The highest BCUT2D eigenvalue weighted by Crippen LogP contribution is 2.53. The molecule has 0 saturated carbocycles. The van der Waals surface area contributed by atoms with Crippen molar-refractivity contribution in [2.45, 2.75) is 30.4 Å². The van der Waals surface area contributed by atoms with E-state index in [0.29, 0.717) is 0 Å². The van der Waals surface area contributed by atoms with Crippen LogP contribution in [-0.2, 0) is 42.1 Å². The molecule has 2 amide bonds. The minimum Gasteiger partial charge on any atom is -0.467 e. The van der Waals surface area contributed by atoms with Crippen LogP contribution in [0.5, 0.6) is 0 Å². The molecule has 5 atom stereocenters. The Bertz CT molecular complexity index is 2540. The van der Waals surface area contributed by atoms with Crippen molar-refractivity contribution in [2.75, 3.05) is 32.8 Å². The van der Waals surface area contributed by atoms with E-state index >= 15 is 0 Å². The van der Waals surface area contributed by atoms with Gasteiger partial charge in [0.2, 0.25) is 0 Å². The Kier molecular flexibility index (Phi) is 13.4. The van der Waals surface area contributed by atoms with Crippen LogP contribution in [0.2, 0.25) is 0 Å². The van der Waals surface area contributed by atoms with Crippen molar-refractivity contribution >= 4 is 54.3 Å². The fourth-order valence-corrected chi connectivity index (χ4v) is 7.76. The maximum atomic E-state index is 14.2. The van der Waals surface area contributed by atoms with Crippen LogP contribution in [0.1, 0.15) is 47.7 Å². The summed E-state index contributed by atoms with van der Waals surface area (Å²) < 4.78 is 54.2. The van der Waals surface area contributed by atoms with Gasteiger partial charge in [-0.1, -0.05) is 72.8 Å². The van der Waals surface area contributed by atoms with E-state index in [1.165, 1.54) is 35.2 Å². The molecule has 318 valence electrons. The smallest absolute Gasteiger partial charge is 0.370 e. The summed E-state index contributed by atoms with van der Waals surface area (Å²) in [5.41, 5.74) is 0.590. The minimum absolute atomic E-state index is 0.00195. The van der Waals surface area contributed by atoms with E-state index < -0.39 is 74.3 Å².